The fourth-order valence-electron chi connectivity index (χ4n) is 3.19. The summed E-state index contributed by atoms with van der Waals surface area (Å²) in [7, 11) is 1.90. The Morgan fingerprint density at radius 2 is 2.12 bits per heavy atom. The lowest BCUT2D eigenvalue weighted by atomic mass is 9.95. The summed E-state index contributed by atoms with van der Waals surface area (Å²) in [6, 6.07) is 4.03. The lowest BCUT2D eigenvalue weighted by Gasteiger charge is -2.27. The Kier molecular flexibility index (Phi) is 5.99. The van der Waals surface area contributed by atoms with Gasteiger partial charge in [-0.25, -0.2) is 19.7 Å². The predicted octanol–water partition coefficient (Wildman–Crippen LogP) is 3.56. The minimum atomic E-state index is -0.374. The van der Waals surface area contributed by atoms with E-state index in [9.17, 15) is 4.79 Å². The molecular weight excluding hydrogens is 330 g/mol. The third-order valence-corrected chi connectivity index (χ3v) is 4.60. The molecule has 2 heterocycles. The van der Waals surface area contributed by atoms with Crippen molar-refractivity contribution in [3.05, 3.63) is 36.4 Å². The van der Waals surface area contributed by atoms with Crippen molar-refractivity contribution in [2.45, 2.75) is 45.1 Å². The first-order valence-corrected chi connectivity index (χ1v) is 9.12. The molecule has 3 rings (SSSR count). The molecule has 0 spiro atoms. The largest absolute Gasteiger partial charge is 0.462 e. The van der Waals surface area contributed by atoms with Crippen LogP contribution in [0.5, 0.6) is 0 Å². The Hall–Kier alpha value is -2.70. The molecule has 0 aliphatic heterocycles. The van der Waals surface area contributed by atoms with Crippen LogP contribution in [-0.2, 0) is 4.74 Å². The van der Waals surface area contributed by atoms with Gasteiger partial charge in [-0.1, -0.05) is 19.3 Å². The van der Waals surface area contributed by atoms with Crippen molar-refractivity contribution in [1.82, 2.24) is 15.0 Å². The van der Waals surface area contributed by atoms with Crippen LogP contribution >= 0.6 is 0 Å². The van der Waals surface area contributed by atoms with E-state index < -0.39 is 0 Å². The highest BCUT2D eigenvalue weighted by molar-refractivity contribution is 5.91. The summed E-state index contributed by atoms with van der Waals surface area (Å²) in [6.45, 7) is 2.12. The molecule has 2 aromatic rings. The van der Waals surface area contributed by atoms with Gasteiger partial charge in [-0.3, -0.25) is 0 Å². The summed E-state index contributed by atoms with van der Waals surface area (Å²) in [5, 5.41) is 3.55. The summed E-state index contributed by atoms with van der Waals surface area (Å²) in [6.07, 6.45) is 10.8. The standard InChI is InChI=1S/C19H25N5O2/c1-3-26-19(25)14-11-16(24(2)17-9-10-20-13-22-17)18(21-12-14)23-15-7-5-4-6-8-15/h9-13,15H,3-8H2,1-2H3,(H,21,23). The topological polar surface area (TPSA) is 80.2 Å². The van der Waals surface area contributed by atoms with Crippen molar-refractivity contribution < 1.29 is 9.53 Å². The third-order valence-electron chi connectivity index (χ3n) is 4.60. The van der Waals surface area contributed by atoms with Crippen molar-refractivity contribution >= 4 is 23.3 Å². The van der Waals surface area contributed by atoms with Crippen LogP contribution in [-0.4, -0.2) is 40.6 Å². The quantitative estimate of drug-likeness (QED) is 0.794. The van der Waals surface area contributed by atoms with Gasteiger partial charge in [-0.05, 0) is 31.9 Å². The van der Waals surface area contributed by atoms with Crippen LogP contribution in [0.15, 0.2) is 30.9 Å². The van der Waals surface area contributed by atoms with Gasteiger partial charge in [0.05, 0.1) is 17.9 Å². The van der Waals surface area contributed by atoms with E-state index >= 15 is 0 Å². The number of aromatic nitrogens is 3. The lowest BCUT2D eigenvalue weighted by Crippen LogP contribution is -2.25. The smallest absolute Gasteiger partial charge is 0.339 e. The first-order chi connectivity index (χ1) is 12.7. The zero-order valence-corrected chi connectivity index (χ0v) is 15.3. The monoisotopic (exact) mass is 355 g/mol. The number of pyridine rings is 1. The lowest BCUT2D eigenvalue weighted by molar-refractivity contribution is 0.0526. The van der Waals surface area contributed by atoms with Crippen LogP contribution in [0, 0.1) is 0 Å². The van der Waals surface area contributed by atoms with Gasteiger partial charge in [-0.2, -0.15) is 0 Å². The zero-order chi connectivity index (χ0) is 18.4. The van der Waals surface area contributed by atoms with Crippen LogP contribution in [0.2, 0.25) is 0 Å². The summed E-state index contributed by atoms with van der Waals surface area (Å²) in [4.78, 5) is 26.8. The van der Waals surface area contributed by atoms with Gasteiger partial charge in [0, 0.05) is 25.5 Å². The zero-order valence-electron chi connectivity index (χ0n) is 15.3. The number of rotatable bonds is 6. The number of esters is 1. The van der Waals surface area contributed by atoms with Crippen LogP contribution in [0.3, 0.4) is 0 Å². The van der Waals surface area contributed by atoms with Crippen LogP contribution in [0.1, 0.15) is 49.4 Å². The fourth-order valence-corrected chi connectivity index (χ4v) is 3.19. The second-order valence-electron chi connectivity index (χ2n) is 6.42. The minimum absolute atomic E-state index is 0.331. The Morgan fingerprint density at radius 1 is 1.31 bits per heavy atom. The van der Waals surface area contributed by atoms with E-state index in [1.54, 1.807) is 25.4 Å². The molecule has 1 aliphatic carbocycles. The van der Waals surface area contributed by atoms with Gasteiger partial charge in [0.2, 0.25) is 0 Å². The molecule has 26 heavy (non-hydrogen) atoms. The van der Waals surface area contributed by atoms with E-state index in [1.165, 1.54) is 25.6 Å². The predicted molar refractivity (Wildman–Crippen MR) is 101 cm³/mol. The molecule has 0 aromatic carbocycles. The number of hydrogen-bond donors (Lipinski definition) is 1. The molecule has 1 N–H and O–H groups in total. The van der Waals surface area contributed by atoms with E-state index in [2.05, 4.69) is 20.3 Å². The number of nitrogens with one attached hydrogen (secondary N) is 1. The molecule has 0 radical (unpaired) electrons. The van der Waals surface area contributed by atoms with Crippen molar-refractivity contribution in [3.8, 4) is 0 Å². The van der Waals surface area contributed by atoms with Crippen LogP contribution < -0.4 is 10.2 Å². The van der Waals surface area contributed by atoms with Crippen molar-refractivity contribution in [3.63, 3.8) is 0 Å². The molecule has 7 nitrogen and oxygen atoms in total. The maximum absolute atomic E-state index is 12.1. The number of anilines is 3. The SMILES string of the molecule is CCOC(=O)c1cnc(NC2CCCCC2)c(N(C)c2ccncn2)c1. The molecule has 0 bridgehead atoms. The van der Waals surface area contributed by atoms with E-state index in [-0.39, 0.29) is 5.97 Å². The summed E-state index contributed by atoms with van der Waals surface area (Å²) >= 11 is 0. The second-order valence-corrected chi connectivity index (χ2v) is 6.42. The van der Waals surface area contributed by atoms with Gasteiger partial charge in [0.1, 0.15) is 18.0 Å². The number of carbonyl (C=O) groups is 1. The highest BCUT2D eigenvalue weighted by Gasteiger charge is 2.20. The molecule has 1 aliphatic rings. The van der Waals surface area contributed by atoms with E-state index in [1.807, 2.05) is 18.0 Å². The van der Waals surface area contributed by atoms with Gasteiger partial charge in [0.25, 0.3) is 0 Å². The summed E-state index contributed by atoms with van der Waals surface area (Å²) in [5.41, 5.74) is 1.22. The molecular formula is C19H25N5O2. The second kappa shape index (κ2) is 8.60. The highest BCUT2D eigenvalue weighted by Crippen LogP contribution is 2.31. The molecule has 0 atom stereocenters. The minimum Gasteiger partial charge on any atom is -0.462 e. The van der Waals surface area contributed by atoms with E-state index in [0.717, 1.165) is 30.2 Å². The third kappa shape index (κ3) is 4.28. The fraction of sp³-hybridized carbons (Fsp3) is 0.474. The number of nitrogens with zero attached hydrogens (tertiary/aromatic N) is 4. The van der Waals surface area contributed by atoms with E-state index in [0.29, 0.717) is 18.2 Å². The number of ether oxygens (including phenoxy) is 1. The van der Waals surface area contributed by atoms with Crippen molar-refractivity contribution in [2.75, 3.05) is 23.9 Å². The molecule has 0 unspecified atom stereocenters. The Labute approximate surface area is 153 Å². The Bertz CT molecular complexity index is 732. The average Bonchev–Trinajstić information content (AvgIpc) is 2.69. The maximum Gasteiger partial charge on any atom is 0.339 e. The van der Waals surface area contributed by atoms with Crippen molar-refractivity contribution in [2.24, 2.45) is 0 Å². The average molecular weight is 355 g/mol. The first kappa shape index (κ1) is 18.1. The molecule has 7 heteroatoms. The maximum atomic E-state index is 12.1. The van der Waals surface area contributed by atoms with Gasteiger partial charge in [0.15, 0.2) is 0 Å². The molecule has 2 aromatic heterocycles. The number of hydrogen-bond acceptors (Lipinski definition) is 7. The highest BCUT2D eigenvalue weighted by atomic mass is 16.5. The van der Waals surface area contributed by atoms with Gasteiger partial charge in [-0.15, -0.1) is 0 Å². The van der Waals surface area contributed by atoms with Crippen LogP contribution in [0.4, 0.5) is 17.3 Å². The molecule has 0 amide bonds. The molecule has 1 fully saturated rings. The Morgan fingerprint density at radius 3 is 2.81 bits per heavy atom. The number of carbonyl (C=O) groups excluding carboxylic acids is 1. The van der Waals surface area contributed by atoms with Gasteiger partial charge < -0.3 is 15.0 Å². The molecule has 0 saturated heterocycles. The van der Waals surface area contributed by atoms with Gasteiger partial charge >= 0.3 is 5.97 Å². The van der Waals surface area contributed by atoms with Crippen LogP contribution in [0.25, 0.3) is 0 Å². The summed E-state index contributed by atoms with van der Waals surface area (Å²) in [5.74, 6) is 1.11. The summed E-state index contributed by atoms with van der Waals surface area (Å²) < 4.78 is 5.11. The van der Waals surface area contributed by atoms with Crippen molar-refractivity contribution in [1.29, 1.82) is 0 Å². The first-order valence-electron chi connectivity index (χ1n) is 9.12. The van der Waals surface area contributed by atoms with E-state index in [4.69, 9.17) is 4.74 Å². The Balaban J connectivity index is 1.92. The normalized spacial score (nSPS) is 14.7. The molecule has 1 saturated carbocycles. The molecule has 138 valence electrons.